The van der Waals surface area contributed by atoms with E-state index in [1.165, 1.54) is 0 Å². The molecule has 0 radical (unpaired) electrons. The van der Waals surface area contributed by atoms with Gasteiger partial charge >= 0.3 is 0 Å². The zero-order valence-electron chi connectivity index (χ0n) is 17.5. The number of carbonyl (C=O) groups excluding carboxylic acids is 1. The first kappa shape index (κ1) is 20.6. The largest absolute Gasteiger partial charge is 0.497 e. The highest BCUT2D eigenvalue weighted by molar-refractivity contribution is 6.10. The molecule has 1 fully saturated rings. The molecular formula is C23H31N5O3. The number of benzene rings is 1. The Balaban J connectivity index is 0.00000193. The molecule has 2 aromatic heterocycles. The highest BCUT2D eigenvalue weighted by Gasteiger charge is 2.25. The zero-order chi connectivity index (χ0) is 21.8. The van der Waals surface area contributed by atoms with Crippen LogP contribution in [0.4, 0.5) is 11.6 Å². The molecule has 166 valence electrons. The first-order valence-corrected chi connectivity index (χ1v) is 10.0. The molecule has 31 heavy (non-hydrogen) atoms. The molecule has 1 saturated heterocycles. The summed E-state index contributed by atoms with van der Waals surface area (Å²) in [6, 6.07) is 14.6. The van der Waals surface area contributed by atoms with Gasteiger partial charge in [-0.05, 0) is 42.5 Å². The van der Waals surface area contributed by atoms with Crippen LogP contribution in [0, 0.1) is 0 Å². The molecule has 1 aliphatic heterocycles. The summed E-state index contributed by atoms with van der Waals surface area (Å²) >= 11 is 0. The van der Waals surface area contributed by atoms with E-state index in [-0.39, 0.29) is 21.9 Å². The van der Waals surface area contributed by atoms with Gasteiger partial charge in [0.1, 0.15) is 28.8 Å². The predicted molar refractivity (Wildman–Crippen MR) is 125 cm³/mol. The second-order valence-corrected chi connectivity index (χ2v) is 7.21. The first-order chi connectivity index (χ1) is 15.1. The third-order valence-corrected chi connectivity index (χ3v) is 5.36. The maximum Gasteiger partial charge on any atom is 0.215 e. The van der Waals surface area contributed by atoms with Crippen LogP contribution < -0.4 is 25.4 Å². The highest BCUT2D eigenvalue weighted by Crippen LogP contribution is 2.32. The summed E-state index contributed by atoms with van der Waals surface area (Å²) in [5.41, 5.74) is 7.58. The van der Waals surface area contributed by atoms with Gasteiger partial charge in [-0.1, -0.05) is 6.07 Å². The number of hydrogen-bond donors (Lipinski definition) is 2. The van der Waals surface area contributed by atoms with Gasteiger partial charge in [0.15, 0.2) is 0 Å². The minimum atomic E-state index is -0.242. The van der Waals surface area contributed by atoms with Gasteiger partial charge in [0.25, 0.3) is 0 Å². The van der Waals surface area contributed by atoms with Crippen molar-refractivity contribution in [2.75, 3.05) is 44.5 Å². The van der Waals surface area contributed by atoms with E-state index in [1.54, 1.807) is 38.6 Å². The van der Waals surface area contributed by atoms with E-state index in [2.05, 4.69) is 20.2 Å². The number of carbonyl (C=O) groups is 1. The summed E-state index contributed by atoms with van der Waals surface area (Å²) in [4.78, 5) is 23.7. The number of methoxy groups -OCH3 is 2. The Hall–Kier alpha value is -3.65. The Morgan fingerprint density at radius 1 is 1.19 bits per heavy atom. The van der Waals surface area contributed by atoms with E-state index in [0.717, 1.165) is 36.0 Å². The molecule has 0 spiro atoms. The van der Waals surface area contributed by atoms with E-state index in [9.17, 15) is 4.79 Å². The maximum atomic E-state index is 12.9. The number of ether oxygens (including phenoxy) is 2. The van der Waals surface area contributed by atoms with Crippen molar-refractivity contribution in [3.63, 3.8) is 0 Å². The number of nitrogens with one attached hydrogen (secondary N) is 1. The molecule has 3 N–H and O–H groups in total. The summed E-state index contributed by atoms with van der Waals surface area (Å²) in [6.45, 7) is 2.20. The number of rotatable bonds is 6. The highest BCUT2D eigenvalue weighted by atomic mass is 16.5. The Bertz CT molecular complexity index is 1100. The lowest BCUT2D eigenvalue weighted by atomic mass is 10.0. The number of hydrogen-bond acceptors (Lipinski definition) is 8. The Labute approximate surface area is 185 Å². The molecule has 3 heterocycles. The molecule has 3 aromatic rings. The predicted octanol–water partition coefficient (Wildman–Crippen LogP) is 3.20. The van der Waals surface area contributed by atoms with Crippen LogP contribution in [0.3, 0.4) is 0 Å². The van der Waals surface area contributed by atoms with E-state index >= 15 is 0 Å². The van der Waals surface area contributed by atoms with Gasteiger partial charge in [-0.3, -0.25) is 4.79 Å². The third kappa shape index (κ3) is 4.29. The molecular weight excluding hydrogens is 394 g/mol. The molecule has 0 aliphatic carbocycles. The Kier molecular flexibility index (Phi) is 5.99. The average molecular weight is 426 g/mol. The second-order valence-electron chi connectivity index (χ2n) is 7.21. The first-order valence-electron chi connectivity index (χ1n) is 10.0. The van der Waals surface area contributed by atoms with Gasteiger partial charge in [0, 0.05) is 35.7 Å². The van der Waals surface area contributed by atoms with Crippen LogP contribution in [-0.2, 0) is 0 Å². The third-order valence-electron chi connectivity index (χ3n) is 5.36. The van der Waals surface area contributed by atoms with Crippen molar-refractivity contribution in [2.24, 2.45) is 0 Å². The van der Waals surface area contributed by atoms with Crippen molar-refractivity contribution in [3.05, 3.63) is 71.5 Å². The lowest BCUT2D eigenvalue weighted by Crippen LogP contribution is -2.46. The van der Waals surface area contributed by atoms with E-state index in [0.29, 0.717) is 17.8 Å². The number of nitrogens with two attached hydrogens (primary N) is 1. The van der Waals surface area contributed by atoms with Gasteiger partial charge < -0.3 is 25.4 Å². The minimum absolute atomic E-state index is 0. The average Bonchev–Trinajstić information content (AvgIpc) is 2.83. The number of aromatic nitrogens is 2. The molecule has 0 saturated carbocycles. The number of nitrogen functional groups attached to an aromatic ring is 1. The number of nitrogens with zero attached hydrogens (tertiary/aromatic N) is 3. The van der Waals surface area contributed by atoms with Gasteiger partial charge in [-0.25, -0.2) is 9.97 Å². The number of ketones is 1. The summed E-state index contributed by atoms with van der Waals surface area (Å²) in [7, 11) is 3.31. The van der Waals surface area contributed by atoms with Gasteiger partial charge in [-0.2, -0.15) is 0 Å². The molecule has 1 atom stereocenters. The molecule has 4 rings (SSSR count). The lowest BCUT2D eigenvalue weighted by molar-refractivity contribution is 0.103. The topological polar surface area (TPSA) is 103 Å². The molecule has 8 heteroatoms. The van der Waals surface area contributed by atoms with Crippen LogP contribution in [0.25, 0.3) is 0 Å². The zero-order valence-corrected chi connectivity index (χ0v) is 17.5. The number of anilines is 2. The maximum absolute atomic E-state index is 12.9. The second kappa shape index (κ2) is 9.01. The van der Waals surface area contributed by atoms with E-state index in [4.69, 9.17) is 15.2 Å². The summed E-state index contributed by atoms with van der Waals surface area (Å²) in [6.07, 6.45) is 1.56. The fourth-order valence-electron chi connectivity index (χ4n) is 3.75. The SMILES string of the molecule is COc1ccc(OC)c(C2CN(c3cccc(C(=O)c4cccnc4N)n3)CCN2)c1.[HH].[HH].[HH]. The van der Waals surface area contributed by atoms with Gasteiger partial charge in [0.05, 0.1) is 25.8 Å². The molecule has 0 amide bonds. The van der Waals surface area contributed by atoms with Crippen molar-refractivity contribution >= 4 is 17.4 Å². The summed E-state index contributed by atoms with van der Waals surface area (Å²) < 4.78 is 10.9. The Morgan fingerprint density at radius 3 is 2.84 bits per heavy atom. The molecule has 8 nitrogen and oxygen atoms in total. The molecule has 1 unspecified atom stereocenters. The lowest BCUT2D eigenvalue weighted by Gasteiger charge is -2.35. The summed E-state index contributed by atoms with van der Waals surface area (Å²) in [5, 5.41) is 3.54. The van der Waals surface area contributed by atoms with Crippen LogP contribution in [0.2, 0.25) is 0 Å². The molecule has 0 bridgehead atoms. The van der Waals surface area contributed by atoms with Crippen molar-refractivity contribution in [1.29, 1.82) is 0 Å². The normalized spacial score (nSPS) is 16.1. The summed E-state index contributed by atoms with van der Waals surface area (Å²) in [5.74, 6) is 2.26. The quantitative estimate of drug-likeness (QED) is 0.581. The monoisotopic (exact) mass is 425 g/mol. The van der Waals surface area contributed by atoms with Crippen LogP contribution in [0.15, 0.2) is 54.7 Å². The minimum Gasteiger partial charge on any atom is -0.497 e. The fraction of sp³-hybridized carbons (Fsp3) is 0.261. The Morgan fingerprint density at radius 2 is 2.06 bits per heavy atom. The smallest absolute Gasteiger partial charge is 0.215 e. The van der Waals surface area contributed by atoms with Crippen molar-refractivity contribution in [3.8, 4) is 11.5 Å². The molecule has 1 aliphatic rings. The van der Waals surface area contributed by atoms with E-state index < -0.39 is 0 Å². The van der Waals surface area contributed by atoms with Crippen LogP contribution >= 0.6 is 0 Å². The van der Waals surface area contributed by atoms with Gasteiger partial charge in [0.2, 0.25) is 5.78 Å². The number of piperazine rings is 1. The van der Waals surface area contributed by atoms with E-state index in [1.807, 2.05) is 30.3 Å². The van der Waals surface area contributed by atoms with Crippen LogP contribution in [0.1, 0.15) is 31.9 Å². The van der Waals surface area contributed by atoms with Crippen molar-refractivity contribution < 1.29 is 18.5 Å². The van der Waals surface area contributed by atoms with Crippen molar-refractivity contribution in [1.82, 2.24) is 15.3 Å². The number of pyridine rings is 2. The van der Waals surface area contributed by atoms with Gasteiger partial charge in [-0.15, -0.1) is 0 Å². The van der Waals surface area contributed by atoms with Crippen LogP contribution in [-0.4, -0.2) is 49.6 Å². The standard InChI is InChI=1S/C23H25N5O3.3H2/c1-30-15-8-9-20(31-2)17(13-15)19-14-28(12-11-25-19)21-7-3-6-18(27-21)22(29)16-5-4-10-26-23(16)24;;;/h3-10,13,19,25H,11-12,14H2,1-2H3,(H2,24,26);3*1H. The molecule has 1 aromatic carbocycles. The fourth-order valence-corrected chi connectivity index (χ4v) is 3.75. The van der Waals surface area contributed by atoms with Crippen molar-refractivity contribution in [2.45, 2.75) is 6.04 Å². The van der Waals surface area contributed by atoms with Crippen LogP contribution in [0.5, 0.6) is 11.5 Å².